The number of hydrogen-bond donors (Lipinski definition) is 6. The average molecular weight is 547 g/mol. The third-order valence-electron chi connectivity index (χ3n) is 6.01. The predicted octanol–water partition coefficient (Wildman–Crippen LogP) is 4.88. The number of amidine groups is 2. The van der Waals surface area contributed by atoms with Gasteiger partial charge in [-0.3, -0.25) is 9.98 Å². The van der Waals surface area contributed by atoms with Crippen LogP contribution in [0, 0.1) is 0 Å². The minimum Gasteiger partial charge on any atom is -0.370 e. The van der Waals surface area contributed by atoms with Crippen molar-refractivity contribution in [1.29, 1.82) is 0 Å². The second kappa shape index (κ2) is 13.3. The lowest BCUT2D eigenvalue weighted by molar-refractivity contribution is 0.261. The monoisotopic (exact) mass is 546 g/mol. The fourth-order valence-corrected chi connectivity index (χ4v) is 4.13. The van der Waals surface area contributed by atoms with Crippen LogP contribution < -0.4 is 31.9 Å². The molecule has 0 fully saturated rings. The summed E-state index contributed by atoms with van der Waals surface area (Å²) in [6.07, 6.45) is 2.06. The van der Waals surface area contributed by atoms with Gasteiger partial charge in [-0.2, -0.15) is 0 Å². The Bertz CT molecular complexity index is 1360. The number of carbonyl (C=O) groups is 2. The van der Waals surface area contributed by atoms with Gasteiger partial charge in [-0.25, -0.2) is 9.59 Å². The largest absolute Gasteiger partial charge is 0.370 e. The van der Waals surface area contributed by atoms with Crippen molar-refractivity contribution in [2.45, 2.75) is 12.8 Å². The molecule has 0 radical (unpaired) electrons. The minimum absolute atomic E-state index is 0. The van der Waals surface area contributed by atoms with E-state index < -0.39 is 0 Å². The zero-order valence-electron chi connectivity index (χ0n) is 21.3. The lowest BCUT2D eigenvalue weighted by atomic mass is 10.1. The molecule has 0 spiro atoms. The molecule has 39 heavy (non-hydrogen) atoms. The molecule has 2 heterocycles. The smallest absolute Gasteiger partial charge is 0.323 e. The highest BCUT2D eigenvalue weighted by Crippen LogP contribution is 2.17. The van der Waals surface area contributed by atoms with Crippen molar-refractivity contribution in [3.8, 4) is 0 Å². The molecule has 202 valence electrons. The van der Waals surface area contributed by atoms with E-state index in [1.807, 2.05) is 48.5 Å². The standard InChI is InChI=1S/C28H30N8O2.ClH/c37-27(33-21-8-6-19(7-9-21)25-29-14-2-15-30-25)34-22-10-12-23(13-11-22)35-28(38)36-24-5-1-4-20(18-24)26-31-16-3-17-32-26;/h1,4-13,18H,2-3,14-17H2,(H,29,30)(H,31,32)(H2,33,34,37)(H2,35,36,38);1H. The van der Waals surface area contributed by atoms with Gasteiger partial charge < -0.3 is 31.9 Å². The van der Waals surface area contributed by atoms with Crippen LogP contribution in [0.1, 0.15) is 24.0 Å². The Morgan fingerprint density at radius 2 is 1.05 bits per heavy atom. The van der Waals surface area contributed by atoms with Crippen molar-refractivity contribution < 1.29 is 9.59 Å². The highest BCUT2D eigenvalue weighted by molar-refractivity contribution is 6.04. The number of urea groups is 2. The van der Waals surface area contributed by atoms with E-state index in [0.29, 0.717) is 22.7 Å². The van der Waals surface area contributed by atoms with Gasteiger partial charge in [-0.05, 0) is 73.5 Å². The maximum absolute atomic E-state index is 12.5. The van der Waals surface area contributed by atoms with Gasteiger partial charge in [0.25, 0.3) is 0 Å². The van der Waals surface area contributed by atoms with Gasteiger partial charge in [0.1, 0.15) is 11.7 Å². The quantitative estimate of drug-likeness (QED) is 0.263. The highest BCUT2D eigenvalue weighted by Gasteiger charge is 2.10. The van der Waals surface area contributed by atoms with Crippen LogP contribution >= 0.6 is 12.4 Å². The molecular formula is C28H31ClN8O2. The molecule has 0 atom stereocenters. The molecule has 6 N–H and O–H groups in total. The number of nitrogens with one attached hydrogen (secondary N) is 6. The van der Waals surface area contributed by atoms with E-state index >= 15 is 0 Å². The fraction of sp³-hybridized carbons (Fsp3) is 0.214. The molecule has 11 heteroatoms. The summed E-state index contributed by atoms with van der Waals surface area (Å²) in [6, 6.07) is 21.2. The van der Waals surface area contributed by atoms with Crippen molar-refractivity contribution in [3.05, 3.63) is 83.9 Å². The van der Waals surface area contributed by atoms with Crippen LogP contribution in [0.5, 0.6) is 0 Å². The number of hydrogen-bond acceptors (Lipinski definition) is 6. The number of anilines is 4. The van der Waals surface area contributed by atoms with E-state index in [-0.39, 0.29) is 24.5 Å². The van der Waals surface area contributed by atoms with E-state index in [1.165, 1.54) is 0 Å². The third-order valence-corrected chi connectivity index (χ3v) is 6.01. The van der Waals surface area contributed by atoms with E-state index in [0.717, 1.165) is 61.8 Å². The first-order valence-corrected chi connectivity index (χ1v) is 12.7. The number of carbonyl (C=O) groups excluding carboxylic acids is 2. The highest BCUT2D eigenvalue weighted by atomic mass is 35.5. The molecule has 5 rings (SSSR count). The Morgan fingerprint density at radius 3 is 1.54 bits per heavy atom. The van der Waals surface area contributed by atoms with Gasteiger partial charge in [-0.1, -0.05) is 12.1 Å². The van der Waals surface area contributed by atoms with Crippen LogP contribution in [0.4, 0.5) is 32.3 Å². The molecule has 4 amide bonds. The van der Waals surface area contributed by atoms with Gasteiger partial charge in [-0.15, -0.1) is 12.4 Å². The van der Waals surface area contributed by atoms with Crippen LogP contribution in [0.2, 0.25) is 0 Å². The molecular weight excluding hydrogens is 516 g/mol. The number of benzene rings is 3. The molecule has 0 aliphatic carbocycles. The number of rotatable bonds is 6. The maximum Gasteiger partial charge on any atom is 0.323 e. The Labute approximate surface area is 233 Å². The minimum atomic E-state index is -0.364. The number of halogens is 1. The second-order valence-corrected chi connectivity index (χ2v) is 8.92. The molecule has 0 unspecified atom stereocenters. The first kappa shape index (κ1) is 27.5. The third kappa shape index (κ3) is 7.71. The normalized spacial score (nSPS) is 14.3. The summed E-state index contributed by atoms with van der Waals surface area (Å²) < 4.78 is 0. The van der Waals surface area contributed by atoms with Gasteiger partial charge in [0.05, 0.1) is 0 Å². The van der Waals surface area contributed by atoms with Crippen molar-refractivity contribution in [1.82, 2.24) is 10.6 Å². The molecule has 3 aromatic carbocycles. The fourth-order valence-electron chi connectivity index (χ4n) is 4.13. The number of nitrogens with zero attached hydrogens (tertiary/aromatic N) is 2. The van der Waals surface area contributed by atoms with Crippen molar-refractivity contribution >= 4 is 58.9 Å². The summed E-state index contributed by atoms with van der Waals surface area (Å²) in [5.74, 6) is 1.73. The molecule has 10 nitrogen and oxygen atoms in total. The van der Waals surface area contributed by atoms with Gasteiger partial charge >= 0.3 is 12.1 Å². The maximum atomic E-state index is 12.5. The molecule has 0 saturated carbocycles. The molecule has 2 aliphatic rings. The van der Waals surface area contributed by atoms with E-state index in [4.69, 9.17) is 0 Å². The van der Waals surface area contributed by atoms with Gasteiger partial charge in [0, 0.05) is 60.1 Å². The lowest BCUT2D eigenvalue weighted by Gasteiger charge is -2.15. The van der Waals surface area contributed by atoms with E-state index in [2.05, 4.69) is 41.9 Å². The Hall–Kier alpha value is -4.57. The van der Waals surface area contributed by atoms with Crippen LogP contribution in [-0.2, 0) is 0 Å². The Balaban J connectivity index is 0.00000353. The summed E-state index contributed by atoms with van der Waals surface area (Å²) in [7, 11) is 0. The van der Waals surface area contributed by atoms with Crippen LogP contribution in [0.3, 0.4) is 0 Å². The van der Waals surface area contributed by atoms with Gasteiger partial charge in [0.15, 0.2) is 0 Å². The van der Waals surface area contributed by atoms with Crippen molar-refractivity contribution in [2.75, 3.05) is 47.4 Å². The lowest BCUT2D eigenvalue weighted by Crippen LogP contribution is -2.30. The molecule has 2 aliphatic heterocycles. The zero-order chi connectivity index (χ0) is 26.2. The molecule has 0 saturated heterocycles. The summed E-state index contributed by atoms with van der Waals surface area (Å²) in [4.78, 5) is 33.9. The van der Waals surface area contributed by atoms with E-state index in [9.17, 15) is 9.59 Å². The number of amides is 4. The predicted molar refractivity (Wildman–Crippen MR) is 160 cm³/mol. The van der Waals surface area contributed by atoms with Crippen molar-refractivity contribution in [3.63, 3.8) is 0 Å². The summed E-state index contributed by atoms with van der Waals surface area (Å²) >= 11 is 0. The van der Waals surface area contributed by atoms with Gasteiger partial charge in [0.2, 0.25) is 0 Å². The first-order valence-electron chi connectivity index (χ1n) is 12.7. The summed E-state index contributed by atoms with van der Waals surface area (Å²) in [5.41, 5.74) is 4.46. The van der Waals surface area contributed by atoms with Crippen LogP contribution in [0.15, 0.2) is 82.8 Å². The second-order valence-electron chi connectivity index (χ2n) is 8.92. The summed E-state index contributed by atoms with van der Waals surface area (Å²) in [6.45, 7) is 3.44. The zero-order valence-corrected chi connectivity index (χ0v) is 22.1. The molecule has 0 aromatic heterocycles. The van der Waals surface area contributed by atoms with Crippen LogP contribution in [-0.4, -0.2) is 49.9 Å². The first-order chi connectivity index (χ1) is 18.6. The van der Waals surface area contributed by atoms with Crippen LogP contribution in [0.25, 0.3) is 0 Å². The molecule has 3 aromatic rings. The Morgan fingerprint density at radius 1 is 0.590 bits per heavy atom. The SMILES string of the molecule is Cl.O=C(Nc1ccc(NC(=O)Nc2cccc(C3=NCCCN3)c2)cc1)Nc1ccc(C2=NCCCN2)cc1. The average Bonchev–Trinajstić information content (AvgIpc) is 2.95. The van der Waals surface area contributed by atoms with Crippen molar-refractivity contribution in [2.24, 2.45) is 9.98 Å². The summed E-state index contributed by atoms with van der Waals surface area (Å²) in [5, 5.41) is 17.8. The molecule has 0 bridgehead atoms. The number of aliphatic imine (C=N–C) groups is 2. The Kier molecular flexibility index (Phi) is 9.36. The van der Waals surface area contributed by atoms with E-state index in [1.54, 1.807) is 24.3 Å². The topological polar surface area (TPSA) is 131 Å².